The van der Waals surface area contributed by atoms with Gasteiger partial charge in [0, 0.05) is 0 Å². The van der Waals surface area contributed by atoms with Crippen molar-refractivity contribution >= 4 is 52.8 Å². The number of H-pyrrole nitrogens is 1. The molecule has 2 unspecified atom stereocenters. The first-order valence-corrected chi connectivity index (χ1v) is 12.8. The quantitative estimate of drug-likeness (QED) is 0.120. The minimum Gasteiger partial charge on any atom is -0.790 e. The van der Waals surface area contributed by atoms with Crippen LogP contribution in [0.15, 0.2) is 6.33 Å². The molecule has 6 atom stereocenters. The number of nitrogen functional groups attached to an aromatic ring is 1. The van der Waals surface area contributed by atoms with Crippen LogP contribution in [0.4, 0.5) is 5.95 Å². The first kappa shape index (κ1) is 41.0. The van der Waals surface area contributed by atoms with Gasteiger partial charge in [-0.05, 0) is 0 Å². The van der Waals surface area contributed by atoms with E-state index in [0.717, 1.165) is 0 Å². The first-order chi connectivity index (χ1) is 14.6. The number of nitrogens with zero attached hydrogens (tertiary/aromatic N) is 3. The second-order valence-electron chi connectivity index (χ2n) is 6.12. The monoisotopic (exact) mass is 627 g/mol. The largest absolute Gasteiger partial charge is 1.00 e. The molecule has 0 radical (unpaired) electrons. The zero-order chi connectivity index (χ0) is 24.1. The molecule has 5 N–H and O–H groups in total. The van der Waals surface area contributed by atoms with Crippen molar-refractivity contribution < 1.29 is 180 Å². The Morgan fingerprint density at radius 3 is 2.22 bits per heavy atom. The Balaban J connectivity index is 0. The van der Waals surface area contributed by atoms with Crippen LogP contribution in [0, 0.1) is 4.64 Å². The van der Waals surface area contributed by atoms with Crippen LogP contribution >= 0.6 is 35.7 Å². The molecule has 2 aromatic rings. The normalized spacial score (nSPS) is 24.8. The minimum atomic E-state index is -6.15. The van der Waals surface area contributed by atoms with Crippen LogP contribution in [0.3, 0.4) is 0 Å². The molecule has 0 amide bonds. The fraction of sp³-hybridized carbons (Fsp3) is 0.500. The maximum absolute atomic E-state index is 11.6. The molecule has 26 heteroatoms. The number of anilines is 1. The third kappa shape index (κ3) is 10.9. The maximum Gasteiger partial charge on any atom is 1.00 e. The number of hydrogen-bond donors (Lipinski definition) is 4. The molecule has 2 aromatic heterocycles. The number of phosphoric ester groups is 1. The van der Waals surface area contributed by atoms with Crippen LogP contribution in [-0.4, -0.2) is 54.7 Å². The Morgan fingerprint density at radius 2 is 1.67 bits per heavy atom. The molecule has 3 rings (SSSR count). The van der Waals surface area contributed by atoms with E-state index < -0.39 is 54.6 Å². The van der Waals surface area contributed by atoms with Crippen molar-refractivity contribution in [3.05, 3.63) is 11.0 Å². The average molecular weight is 627 g/mol. The molecule has 1 aliphatic heterocycles. The summed E-state index contributed by atoms with van der Waals surface area (Å²) in [6.45, 7) is -1.09. The Morgan fingerprint density at radius 1 is 1.08 bits per heavy atom. The van der Waals surface area contributed by atoms with Crippen LogP contribution in [0.1, 0.15) is 6.23 Å². The summed E-state index contributed by atoms with van der Waals surface area (Å²) >= 11 is 5.01. The molecule has 0 bridgehead atoms. The number of aromatic nitrogens is 4. The van der Waals surface area contributed by atoms with Gasteiger partial charge < -0.3 is 54.3 Å². The number of hydrogen-bond acceptors (Lipinski definition) is 17. The second-order valence-corrected chi connectivity index (χ2v) is 10.8. The number of ether oxygens (including phenoxy) is 1. The van der Waals surface area contributed by atoms with E-state index in [1.165, 1.54) is 10.9 Å². The summed E-state index contributed by atoms with van der Waals surface area (Å²) in [7, 11) is -18.1. The average Bonchev–Trinajstić information content (AvgIpc) is 3.12. The van der Waals surface area contributed by atoms with Crippen LogP contribution in [0.25, 0.3) is 11.2 Å². The molecule has 0 saturated carbocycles. The fourth-order valence-electron chi connectivity index (χ4n) is 2.69. The Kier molecular flexibility index (Phi) is 18.1. The molecule has 0 aliphatic carbocycles. The van der Waals surface area contributed by atoms with Gasteiger partial charge in [0.1, 0.15) is 29.5 Å². The molecule has 1 fully saturated rings. The van der Waals surface area contributed by atoms with Crippen molar-refractivity contribution in [3.63, 3.8) is 0 Å². The van der Waals surface area contributed by atoms with E-state index in [2.05, 4.69) is 28.1 Å². The van der Waals surface area contributed by atoms with Gasteiger partial charge in [-0.25, -0.2) is 14.3 Å². The Labute approximate surface area is 295 Å². The molecule has 0 spiro atoms. The first-order valence-electron chi connectivity index (χ1n) is 8.04. The minimum absolute atomic E-state index is 0. The molecule has 180 valence electrons. The third-order valence-electron chi connectivity index (χ3n) is 3.87. The van der Waals surface area contributed by atoms with E-state index in [1.807, 2.05) is 0 Å². The van der Waals surface area contributed by atoms with Crippen molar-refractivity contribution in [1.82, 2.24) is 19.5 Å². The van der Waals surface area contributed by atoms with Gasteiger partial charge in [-0.3, -0.25) is 18.0 Å². The van der Waals surface area contributed by atoms with Crippen molar-refractivity contribution in [1.29, 1.82) is 0 Å². The van der Waals surface area contributed by atoms with E-state index in [4.69, 9.17) is 22.7 Å². The third-order valence-corrected chi connectivity index (χ3v) is 7.82. The summed E-state index contributed by atoms with van der Waals surface area (Å²) in [5.41, 5.74) is 5.92. The predicted octanol–water partition coefficient (Wildman–Crippen LogP) is -15.5. The summed E-state index contributed by atoms with van der Waals surface area (Å²) in [5, 5.41) is 20.4. The number of imidazole rings is 1. The van der Waals surface area contributed by atoms with Gasteiger partial charge in [0.05, 0.1) is 20.8 Å². The van der Waals surface area contributed by atoms with Gasteiger partial charge in [0.25, 0.3) is 15.6 Å². The van der Waals surface area contributed by atoms with Crippen LogP contribution in [-0.2, 0) is 31.6 Å². The van der Waals surface area contributed by atoms with Gasteiger partial charge in [0.2, 0.25) is 0 Å². The Hall–Kier alpha value is 2.86. The SMILES string of the molecule is Nc1nc(=S)c2ncn([C@@H]3O[C@H](COP(=O)([O-])OP(=O)([O-])OP(=O)([O-])[O-])[C@@H](O)[C@H]3O)c2[nH]1.[Na+].[Na+].[Na+].[Na+]. The number of fused-ring (bicyclic) bond motifs is 1. The number of aromatic amines is 1. The molecule has 36 heavy (non-hydrogen) atoms. The second kappa shape index (κ2) is 15.9. The van der Waals surface area contributed by atoms with E-state index in [9.17, 15) is 43.5 Å². The van der Waals surface area contributed by atoms with Gasteiger partial charge >= 0.3 is 118 Å². The Bertz CT molecular complexity index is 1230. The maximum atomic E-state index is 11.6. The number of rotatable bonds is 8. The summed E-state index contributed by atoms with van der Waals surface area (Å²) in [6.07, 6.45) is -5.16. The van der Waals surface area contributed by atoms with E-state index in [0.29, 0.717) is 0 Å². The molecule has 1 aliphatic rings. The number of aliphatic hydroxyl groups is 2. The standard InChI is InChI=1S/C10H16N5O13P3S.4Na/c11-10-13-7-4(8(32)14-10)12-2-15(7)9-6(17)5(16)3(26-9)1-25-30(21,22)28-31(23,24)27-29(18,19)20;;;;/h2-3,5-6,9,16-17H,1H2,(H,21,22)(H,23,24)(H2,18,19,20)(H3,11,13,14,32);;;;/q;4*+1/p-4/t3-,5-,6-,9-;;;;/m1..../s1. The van der Waals surface area contributed by atoms with E-state index >= 15 is 0 Å². The van der Waals surface area contributed by atoms with Crippen molar-refractivity contribution in [2.75, 3.05) is 12.3 Å². The summed E-state index contributed by atoms with van der Waals surface area (Å²) in [4.78, 5) is 53.8. The van der Waals surface area contributed by atoms with Crippen molar-refractivity contribution in [3.8, 4) is 0 Å². The number of phosphoric acid groups is 3. The molecular weight excluding hydrogens is 615 g/mol. The van der Waals surface area contributed by atoms with E-state index in [1.54, 1.807) is 0 Å². The molecule has 0 aromatic carbocycles. The predicted molar refractivity (Wildman–Crippen MR) is 94.0 cm³/mol. The fourth-order valence-corrected chi connectivity index (χ4v) is 5.80. The van der Waals surface area contributed by atoms with Crippen LogP contribution in [0.5, 0.6) is 0 Å². The summed E-state index contributed by atoms with van der Waals surface area (Å²) in [5.74, 6) is -0.0911. The van der Waals surface area contributed by atoms with Gasteiger partial charge in [-0.2, -0.15) is 0 Å². The van der Waals surface area contributed by atoms with Gasteiger partial charge in [-0.15, -0.1) is 0 Å². The summed E-state index contributed by atoms with van der Waals surface area (Å²) in [6, 6.07) is 0. The number of aliphatic hydroxyl groups excluding tert-OH is 2. The zero-order valence-electron chi connectivity index (χ0n) is 19.1. The van der Waals surface area contributed by atoms with E-state index in [-0.39, 0.29) is 140 Å². The van der Waals surface area contributed by atoms with Crippen LogP contribution in [0.2, 0.25) is 0 Å². The zero-order valence-corrected chi connectivity index (χ0v) is 30.6. The molecular formula is C10H12N5Na4O13P3S. The van der Waals surface area contributed by atoms with Gasteiger partial charge in [-0.1, -0.05) is 12.2 Å². The summed E-state index contributed by atoms with van der Waals surface area (Å²) < 4.78 is 50.4. The number of nitrogens with two attached hydrogens (primary N) is 1. The molecule has 1 saturated heterocycles. The van der Waals surface area contributed by atoms with Gasteiger partial charge in [0.15, 0.2) is 16.8 Å². The smallest absolute Gasteiger partial charge is 0.790 e. The van der Waals surface area contributed by atoms with Crippen molar-refractivity contribution in [2.45, 2.75) is 24.5 Å². The number of nitrogens with one attached hydrogen (secondary N) is 1. The molecule has 18 nitrogen and oxygen atoms in total. The molecule has 3 heterocycles. The van der Waals surface area contributed by atoms with Crippen molar-refractivity contribution in [2.24, 2.45) is 0 Å². The topological polar surface area (TPSA) is 293 Å². The van der Waals surface area contributed by atoms with Crippen LogP contribution < -0.4 is 144 Å².